The summed E-state index contributed by atoms with van der Waals surface area (Å²) >= 11 is 1.82. The first-order valence-electron chi connectivity index (χ1n) is 5.83. The minimum absolute atomic E-state index is 0.0569. The van der Waals surface area contributed by atoms with E-state index in [9.17, 15) is 0 Å². The molecule has 0 unspecified atom stereocenters. The third kappa shape index (κ3) is 3.99. The Morgan fingerprint density at radius 1 is 1.17 bits per heavy atom. The third-order valence-corrected chi connectivity index (χ3v) is 3.24. The SMILES string of the molecule is CCSCCOc1c(OC)cc(CO)cc1OC. The summed E-state index contributed by atoms with van der Waals surface area (Å²) in [6, 6.07) is 3.51. The molecule has 0 spiro atoms. The highest BCUT2D eigenvalue weighted by molar-refractivity contribution is 7.99. The summed E-state index contributed by atoms with van der Waals surface area (Å²) in [6.45, 7) is 2.66. The molecule has 0 fully saturated rings. The lowest BCUT2D eigenvalue weighted by Crippen LogP contribution is -2.04. The molecular formula is C13H20O4S. The average Bonchev–Trinajstić information content (AvgIpc) is 2.42. The van der Waals surface area contributed by atoms with Gasteiger partial charge in [-0.3, -0.25) is 0 Å². The van der Waals surface area contributed by atoms with Crippen molar-refractivity contribution in [3.63, 3.8) is 0 Å². The number of ether oxygens (including phenoxy) is 3. The maximum Gasteiger partial charge on any atom is 0.203 e. The van der Waals surface area contributed by atoms with Crippen LogP contribution in [0.1, 0.15) is 12.5 Å². The molecular weight excluding hydrogens is 252 g/mol. The van der Waals surface area contributed by atoms with Crippen LogP contribution in [0.15, 0.2) is 12.1 Å². The zero-order valence-corrected chi connectivity index (χ0v) is 11.9. The Bertz CT molecular complexity index is 343. The Morgan fingerprint density at radius 2 is 1.78 bits per heavy atom. The molecule has 0 aromatic heterocycles. The van der Waals surface area contributed by atoms with Crippen LogP contribution in [0.2, 0.25) is 0 Å². The van der Waals surface area contributed by atoms with E-state index >= 15 is 0 Å². The molecule has 0 aliphatic carbocycles. The van der Waals surface area contributed by atoms with Crippen LogP contribution in [0.3, 0.4) is 0 Å². The highest BCUT2D eigenvalue weighted by Crippen LogP contribution is 2.38. The van der Waals surface area contributed by atoms with Gasteiger partial charge in [-0.15, -0.1) is 0 Å². The predicted octanol–water partition coefficient (Wildman–Crippen LogP) is 2.33. The van der Waals surface area contributed by atoms with E-state index in [4.69, 9.17) is 19.3 Å². The molecule has 0 aliphatic rings. The fourth-order valence-electron chi connectivity index (χ4n) is 1.51. The van der Waals surface area contributed by atoms with Gasteiger partial charge in [0.25, 0.3) is 0 Å². The van der Waals surface area contributed by atoms with Crippen LogP contribution in [-0.2, 0) is 6.61 Å². The molecule has 0 bridgehead atoms. The Balaban J connectivity index is 2.85. The lowest BCUT2D eigenvalue weighted by Gasteiger charge is -2.15. The van der Waals surface area contributed by atoms with Crippen molar-refractivity contribution in [1.29, 1.82) is 0 Å². The van der Waals surface area contributed by atoms with E-state index < -0.39 is 0 Å². The van der Waals surface area contributed by atoms with Crippen LogP contribution in [0, 0.1) is 0 Å². The number of methoxy groups -OCH3 is 2. The van der Waals surface area contributed by atoms with Gasteiger partial charge in [0.05, 0.1) is 27.4 Å². The molecule has 0 saturated carbocycles. The third-order valence-electron chi connectivity index (χ3n) is 2.38. The first kappa shape index (κ1) is 15.0. The summed E-state index contributed by atoms with van der Waals surface area (Å²) in [6.07, 6.45) is 0. The van der Waals surface area contributed by atoms with Gasteiger partial charge in [0, 0.05) is 5.75 Å². The Labute approximate surface area is 112 Å². The Hall–Kier alpha value is -1.07. The fourth-order valence-corrected chi connectivity index (χ4v) is 2.00. The first-order valence-corrected chi connectivity index (χ1v) is 6.98. The van der Waals surface area contributed by atoms with Crippen molar-refractivity contribution in [3.8, 4) is 17.2 Å². The zero-order valence-electron chi connectivity index (χ0n) is 11.1. The van der Waals surface area contributed by atoms with Gasteiger partial charge in [0.2, 0.25) is 5.75 Å². The van der Waals surface area contributed by atoms with Crippen molar-refractivity contribution in [1.82, 2.24) is 0 Å². The van der Waals surface area contributed by atoms with Gasteiger partial charge in [-0.25, -0.2) is 0 Å². The van der Waals surface area contributed by atoms with Gasteiger partial charge in [-0.1, -0.05) is 6.92 Å². The van der Waals surface area contributed by atoms with Crippen LogP contribution in [-0.4, -0.2) is 37.4 Å². The van der Waals surface area contributed by atoms with Gasteiger partial charge in [-0.2, -0.15) is 11.8 Å². The number of hydrogen-bond acceptors (Lipinski definition) is 5. The number of aliphatic hydroxyl groups is 1. The zero-order chi connectivity index (χ0) is 13.4. The number of hydrogen-bond donors (Lipinski definition) is 1. The van der Waals surface area contributed by atoms with E-state index in [-0.39, 0.29) is 6.61 Å². The first-order chi connectivity index (χ1) is 8.76. The second-order valence-corrected chi connectivity index (χ2v) is 4.93. The van der Waals surface area contributed by atoms with Gasteiger partial charge < -0.3 is 19.3 Å². The van der Waals surface area contributed by atoms with Gasteiger partial charge in [-0.05, 0) is 23.4 Å². The minimum Gasteiger partial charge on any atom is -0.493 e. The van der Waals surface area contributed by atoms with E-state index in [1.54, 1.807) is 26.4 Å². The van der Waals surface area contributed by atoms with Gasteiger partial charge >= 0.3 is 0 Å². The van der Waals surface area contributed by atoms with E-state index in [1.165, 1.54) is 0 Å². The van der Waals surface area contributed by atoms with Crippen molar-refractivity contribution in [2.45, 2.75) is 13.5 Å². The molecule has 1 rings (SSSR count). The van der Waals surface area contributed by atoms with Crippen molar-refractivity contribution in [2.75, 3.05) is 32.3 Å². The van der Waals surface area contributed by atoms with Crippen LogP contribution in [0.4, 0.5) is 0 Å². The standard InChI is InChI=1S/C13H20O4S/c1-4-18-6-5-17-13-11(15-2)7-10(9-14)8-12(13)16-3/h7-8,14H,4-6,9H2,1-3H3. The molecule has 18 heavy (non-hydrogen) atoms. The molecule has 1 aromatic carbocycles. The van der Waals surface area contributed by atoms with Crippen molar-refractivity contribution in [3.05, 3.63) is 17.7 Å². The molecule has 1 N–H and O–H groups in total. The lowest BCUT2D eigenvalue weighted by molar-refractivity contribution is 0.273. The summed E-state index contributed by atoms with van der Waals surface area (Å²) in [7, 11) is 3.15. The summed E-state index contributed by atoms with van der Waals surface area (Å²) < 4.78 is 16.2. The largest absolute Gasteiger partial charge is 0.493 e. The predicted molar refractivity (Wildman–Crippen MR) is 74.0 cm³/mol. The van der Waals surface area contributed by atoms with Crippen molar-refractivity contribution in [2.24, 2.45) is 0 Å². The summed E-state index contributed by atoms with van der Waals surface area (Å²) in [4.78, 5) is 0. The highest BCUT2D eigenvalue weighted by atomic mass is 32.2. The topological polar surface area (TPSA) is 47.9 Å². The summed E-state index contributed by atoms with van der Waals surface area (Å²) in [5.41, 5.74) is 0.735. The molecule has 4 nitrogen and oxygen atoms in total. The highest BCUT2D eigenvalue weighted by Gasteiger charge is 2.13. The Kier molecular flexibility index (Phi) is 6.75. The normalized spacial score (nSPS) is 10.2. The monoisotopic (exact) mass is 272 g/mol. The van der Waals surface area contributed by atoms with Crippen molar-refractivity contribution >= 4 is 11.8 Å². The maximum absolute atomic E-state index is 9.16. The number of rotatable bonds is 8. The molecule has 0 aliphatic heterocycles. The molecule has 5 heteroatoms. The van der Waals surface area contributed by atoms with E-state index in [2.05, 4.69) is 6.92 Å². The number of thioether (sulfide) groups is 1. The quantitative estimate of drug-likeness (QED) is 0.736. The molecule has 1 aromatic rings. The molecule has 0 amide bonds. The smallest absolute Gasteiger partial charge is 0.203 e. The van der Waals surface area contributed by atoms with Crippen LogP contribution < -0.4 is 14.2 Å². The van der Waals surface area contributed by atoms with Gasteiger partial charge in [0.1, 0.15) is 0 Å². The number of benzene rings is 1. The number of aliphatic hydroxyl groups excluding tert-OH is 1. The van der Waals surface area contributed by atoms with E-state index in [0.29, 0.717) is 23.9 Å². The maximum atomic E-state index is 9.16. The van der Waals surface area contributed by atoms with Crippen molar-refractivity contribution < 1.29 is 19.3 Å². The molecule has 0 saturated heterocycles. The van der Waals surface area contributed by atoms with Crippen LogP contribution >= 0.6 is 11.8 Å². The molecule has 0 atom stereocenters. The minimum atomic E-state index is -0.0569. The van der Waals surface area contributed by atoms with Crippen LogP contribution in [0.5, 0.6) is 17.2 Å². The van der Waals surface area contributed by atoms with E-state index in [1.807, 2.05) is 11.8 Å². The summed E-state index contributed by atoms with van der Waals surface area (Å²) in [5.74, 6) is 3.75. The fraction of sp³-hybridized carbons (Fsp3) is 0.538. The second kappa shape index (κ2) is 8.11. The summed E-state index contributed by atoms with van der Waals surface area (Å²) in [5, 5.41) is 9.16. The second-order valence-electron chi connectivity index (χ2n) is 3.53. The Morgan fingerprint density at radius 3 is 2.22 bits per heavy atom. The molecule has 102 valence electrons. The molecule has 0 heterocycles. The molecule has 0 radical (unpaired) electrons. The lowest BCUT2D eigenvalue weighted by atomic mass is 10.2. The van der Waals surface area contributed by atoms with Crippen LogP contribution in [0.25, 0.3) is 0 Å². The average molecular weight is 272 g/mol. The van der Waals surface area contributed by atoms with E-state index in [0.717, 1.165) is 17.1 Å². The van der Waals surface area contributed by atoms with Gasteiger partial charge in [0.15, 0.2) is 11.5 Å².